The maximum atomic E-state index is 15.6. The van der Waals surface area contributed by atoms with Crippen molar-refractivity contribution in [1.29, 1.82) is 0 Å². The highest BCUT2D eigenvalue weighted by atomic mass is 32.2. The summed E-state index contributed by atoms with van der Waals surface area (Å²) in [5, 5.41) is 4.25. The molecule has 1 unspecified atom stereocenters. The van der Waals surface area contributed by atoms with Crippen molar-refractivity contribution in [2.24, 2.45) is 5.16 Å². The van der Waals surface area contributed by atoms with Crippen LogP contribution < -0.4 is 10.3 Å². The number of halogens is 6. The Hall–Kier alpha value is -4.19. The van der Waals surface area contributed by atoms with Crippen LogP contribution in [0.5, 0.6) is 5.75 Å². The van der Waals surface area contributed by atoms with Gasteiger partial charge in [0.1, 0.15) is 24.5 Å². The molecule has 0 fully saturated rings. The first kappa shape index (κ1) is 30.3. The third-order valence-electron chi connectivity index (χ3n) is 7.31. The lowest BCUT2D eigenvalue weighted by atomic mass is 9.92. The van der Waals surface area contributed by atoms with Gasteiger partial charge >= 0.3 is 6.18 Å². The van der Waals surface area contributed by atoms with Crippen LogP contribution in [0.25, 0.3) is 11.1 Å². The standard InChI is InChI=1S/C31H24F6N2O3S/c1-16-19(14-20-21(31(35,36)37)10-7-12-23(20)33)30-39(29(40)26(16)18-9-6-13-25(41-2)27(18)34)24(15-43-30)28(38-42-3)17-8-4-5-11-22(17)32/h4-13,24H,14-15H2,1-3H3. The largest absolute Gasteiger partial charge is 0.494 e. The fourth-order valence-corrected chi connectivity index (χ4v) is 6.70. The van der Waals surface area contributed by atoms with E-state index < -0.39 is 52.8 Å². The zero-order valence-corrected chi connectivity index (χ0v) is 23.9. The molecule has 12 heteroatoms. The van der Waals surface area contributed by atoms with Crippen molar-refractivity contribution in [1.82, 2.24) is 4.57 Å². The van der Waals surface area contributed by atoms with Gasteiger partial charge in [0.15, 0.2) is 11.6 Å². The fourth-order valence-electron chi connectivity index (χ4n) is 5.33. The van der Waals surface area contributed by atoms with Crippen LogP contribution in [-0.4, -0.2) is 30.3 Å². The Labute approximate surface area is 246 Å². The number of hydrogen-bond acceptors (Lipinski definition) is 5. The molecule has 5 rings (SSSR count). The fraction of sp³-hybridized carbons (Fsp3) is 0.226. The zero-order valence-electron chi connectivity index (χ0n) is 23.1. The van der Waals surface area contributed by atoms with Gasteiger partial charge in [-0.1, -0.05) is 35.5 Å². The van der Waals surface area contributed by atoms with Gasteiger partial charge in [0.25, 0.3) is 5.56 Å². The number of ether oxygens (including phenoxy) is 1. The van der Waals surface area contributed by atoms with Gasteiger partial charge in [-0.3, -0.25) is 9.36 Å². The molecule has 0 radical (unpaired) electrons. The van der Waals surface area contributed by atoms with Gasteiger partial charge < -0.3 is 9.57 Å². The van der Waals surface area contributed by atoms with Crippen LogP contribution in [0.15, 0.2) is 75.6 Å². The number of rotatable bonds is 7. The van der Waals surface area contributed by atoms with Gasteiger partial charge in [-0.25, -0.2) is 13.2 Å². The summed E-state index contributed by atoms with van der Waals surface area (Å²) < 4.78 is 93.9. The molecule has 0 saturated heterocycles. The van der Waals surface area contributed by atoms with E-state index in [2.05, 4.69) is 5.16 Å². The Bertz CT molecular complexity index is 1800. The van der Waals surface area contributed by atoms with Crippen LogP contribution in [-0.2, 0) is 17.4 Å². The molecule has 2 heterocycles. The van der Waals surface area contributed by atoms with Crippen LogP contribution in [0.1, 0.15) is 33.9 Å². The predicted octanol–water partition coefficient (Wildman–Crippen LogP) is 7.56. The molecule has 0 N–H and O–H groups in total. The Morgan fingerprint density at radius 2 is 1.67 bits per heavy atom. The van der Waals surface area contributed by atoms with Crippen molar-refractivity contribution in [2.45, 2.75) is 30.6 Å². The number of alkyl halides is 3. The molecule has 224 valence electrons. The van der Waals surface area contributed by atoms with Gasteiger partial charge in [-0.05, 0) is 48.4 Å². The minimum atomic E-state index is -4.86. The molecular weight excluding hydrogens is 594 g/mol. The Kier molecular flexibility index (Phi) is 8.33. The number of oxime groups is 1. The normalized spacial score (nSPS) is 15.0. The summed E-state index contributed by atoms with van der Waals surface area (Å²) in [5.41, 5.74) is -2.36. The van der Waals surface area contributed by atoms with Gasteiger partial charge in [0.05, 0.1) is 29.3 Å². The summed E-state index contributed by atoms with van der Waals surface area (Å²) >= 11 is 1.12. The molecule has 43 heavy (non-hydrogen) atoms. The molecule has 4 aromatic rings. The maximum Gasteiger partial charge on any atom is 0.416 e. The number of hydrogen-bond donors (Lipinski definition) is 0. The van der Waals surface area contributed by atoms with Crippen molar-refractivity contribution >= 4 is 17.5 Å². The molecular formula is C31H24F6N2O3S. The van der Waals surface area contributed by atoms with Crippen molar-refractivity contribution in [2.75, 3.05) is 20.0 Å². The molecule has 3 aromatic carbocycles. The molecule has 0 aliphatic carbocycles. The summed E-state index contributed by atoms with van der Waals surface area (Å²) in [5.74, 6) is -2.62. The van der Waals surface area contributed by atoms with Crippen LogP contribution in [0.4, 0.5) is 26.3 Å². The molecule has 1 atom stereocenters. The summed E-state index contributed by atoms with van der Waals surface area (Å²) in [6.45, 7) is 1.48. The highest BCUT2D eigenvalue weighted by Crippen LogP contribution is 2.43. The monoisotopic (exact) mass is 618 g/mol. The molecule has 0 spiro atoms. The second-order valence-electron chi connectivity index (χ2n) is 9.69. The Morgan fingerprint density at radius 1 is 0.977 bits per heavy atom. The second-order valence-corrected chi connectivity index (χ2v) is 10.7. The van der Waals surface area contributed by atoms with Gasteiger partial charge in [0.2, 0.25) is 0 Å². The molecule has 1 aromatic heterocycles. The third kappa shape index (κ3) is 5.39. The average Bonchev–Trinajstić information content (AvgIpc) is 3.40. The molecule has 1 aliphatic heterocycles. The SMILES string of the molecule is CON=C(c1ccccc1F)C1CSc2c(Cc3c(F)cccc3C(F)(F)F)c(C)c(-c3cccc(OC)c3F)c(=O)n21. The second kappa shape index (κ2) is 11.8. The maximum absolute atomic E-state index is 15.6. The van der Waals surface area contributed by atoms with Crippen molar-refractivity contribution in [3.05, 3.63) is 116 Å². The van der Waals surface area contributed by atoms with E-state index in [0.717, 1.165) is 30.0 Å². The van der Waals surface area contributed by atoms with E-state index in [9.17, 15) is 22.4 Å². The number of thioether (sulfide) groups is 1. The number of pyridine rings is 1. The summed E-state index contributed by atoms with van der Waals surface area (Å²) in [7, 11) is 2.50. The molecule has 0 amide bonds. The average molecular weight is 619 g/mol. The van der Waals surface area contributed by atoms with Gasteiger partial charge in [-0.15, -0.1) is 11.8 Å². The van der Waals surface area contributed by atoms with Gasteiger partial charge in [-0.2, -0.15) is 13.2 Å². The van der Waals surface area contributed by atoms with E-state index in [1.54, 1.807) is 6.07 Å². The van der Waals surface area contributed by atoms with E-state index in [-0.39, 0.29) is 50.1 Å². The topological polar surface area (TPSA) is 52.8 Å². The highest BCUT2D eigenvalue weighted by molar-refractivity contribution is 7.99. The lowest BCUT2D eigenvalue weighted by Gasteiger charge is -2.22. The lowest BCUT2D eigenvalue weighted by Crippen LogP contribution is -2.32. The number of methoxy groups -OCH3 is 1. The van der Waals surface area contributed by atoms with Gasteiger partial charge in [0, 0.05) is 28.9 Å². The van der Waals surface area contributed by atoms with Crippen LogP contribution in [0.2, 0.25) is 0 Å². The van der Waals surface area contributed by atoms with E-state index in [4.69, 9.17) is 9.57 Å². The lowest BCUT2D eigenvalue weighted by molar-refractivity contribution is -0.138. The Balaban J connectivity index is 1.83. The number of fused-ring (bicyclic) bond motifs is 1. The highest BCUT2D eigenvalue weighted by Gasteiger charge is 2.38. The molecule has 5 nitrogen and oxygen atoms in total. The first-order valence-electron chi connectivity index (χ1n) is 12.9. The van der Waals surface area contributed by atoms with Crippen molar-refractivity contribution in [3.63, 3.8) is 0 Å². The predicted molar refractivity (Wildman–Crippen MR) is 151 cm³/mol. The molecule has 0 bridgehead atoms. The summed E-state index contributed by atoms with van der Waals surface area (Å²) in [6.07, 6.45) is -5.42. The van der Waals surface area contributed by atoms with E-state index >= 15 is 8.78 Å². The number of aromatic nitrogens is 1. The van der Waals surface area contributed by atoms with Crippen molar-refractivity contribution < 1.29 is 35.9 Å². The summed E-state index contributed by atoms with van der Waals surface area (Å²) in [4.78, 5) is 19.3. The molecule has 1 aliphatic rings. The first-order chi connectivity index (χ1) is 20.5. The minimum Gasteiger partial charge on any atom is -0.494 e. The third-order valence-corrected chi connectivity index (χ3v) is 8.51. The number of nitrogens with zero attached hydrogens (tertiary/aromatic N) is 2. The summed E-state index contributed by atoms with van der Waals surface area (Å²) in [6, 6.07) is 11.6. The Morgan fingerprint density at radius 3 is 2.35 bits per heavy atom. The van der Waals surface area contributed by atoms with Crippen molar-refractivity contribution in [3.8, 4) is 16.9 Å². The van der Waals surface area contributed by atoms with E-state index in [1.165, 1.54) is 62.1 Å². The smallest absolute Gasteiger partial charge is 0.416 e. The van der Waals surface area contributed by atoms with Crippen LogP contribution in [0.3, 0.4) is 0 Å². The molecule has 0 saturated carbocycles. The first-order valence-corrected chi connectivity index (χ1v) is 13.9. The minimum absolute atomic E-state index is 0.0411. The zero-order chi connectivity index (χ0) is 31.1. The van der Waals surface area contributed by atoms with E-state index in [0.29, 0.717) is 0 Å². The van der Waals surface area contributed by atoms with Crippen LogP contribution >= 0.6 is 11.8 Å². The number of benzene rings is 3. The van der Waals surface area contributed by atoms with Crippen LogP contribution in [0, 0.1) is 24.4 Å². The van der Waals surface area contributed by atoms with E-state index in [1.807, 2.05) is 0 Å². The quantitative estimate of drug-likeness (QED) is 0.122.